The van der Waals surface area contributed by atoms with Crippen LogP contribution in [0.2, 0.25) is 0 Å². The summed E-state index contributed by atoms with van der Waals surface area (Å²) in [5.41, 5.74) is 3.35. The Morgan fingerprint density at radius 3 is 3.00 bits per heavy atom. The van der Waals surface area contributed by atoms with Gasteiger partial charge >= 0.3 is 0 Å². The van der Waals surface area contributed by atoms with Gasteiger partial charge in [-0.3, -0.25) is 4.79 Å². The number of piperidine rings is 1. The fourth-order valence-corrected chi connectivity index (χ4v) is 4.62. The SMILES string of the molecule is Cc1cc(C)c2nc(NC(=O)[C@H]3CCCN(c4ccccn4)C3)sc2c1. The van der Waals surface area contributed by atoms with Crippen LogP contribution >= 0.6 is 11.3 Å². The maximum absolute atomic E-state index is 12.8. The molecule has 1 aliphatic rings. The van der Waals surface area contributed by atoms with Gasteiger partial charge in [0.05, 0.1) is 16.1 Å². The molecule has 6 heteroatoms. The van der Waals surface area contributed by atoms with E-state index in [4.69, 9.17) is 0 Å². The number of carbonyl (C=O) groups is 1. The Morgan fingerprint density at radius 2 is 2.19 bits per heavy atom. The first-order chi connectivity index (χ1) is 12.6. The minimum atomic E-state index is -0.0411. The predicted molar refractivity (Wildman–Crippen MR) is 107 cm³/mol. The molecule has 26 heavy (non-hydrogen) atoms. The van der Waals surface area contributed by atoms with Crippen molar-refractivity contribution in [1.29, 1.82) is 0 Å². The molecule has 1 saturated heterocycles. The lowest BCUT2D eigenvalue weighted by Gasteiger charge is -2.32. The monoisotopic (exact) mass is 366 g/mol. The highest BCUT2D eigenvalue weighted by Gasteiger charge is 2.27. The van der Waals surface area contributed by atoms with Gasteiger partial charge in [0.15, 0.2) is 5.13 Å². The number of amides is 1. The highest BCUT2D eigenvalue weighted by atomic mass is 32.1. The third kappa shape index (κ3) is 3.42. The number of rotatable bonds is 3. The predicted octanol–water partition coefficient (Wildman–Crippen LogP) is 4.16. The Bertz CT molecular complexity index is 938. The van der Waals surface area contributed by atoms with Crippen LogP contribution in [-0.2, 0) is 4.79 Å². The zero-order valence-electron chi connectivity index (χ0n) is 15.0. The quantitative estimate of drug-likeness (QED) is 0.756. The molecular formula is C20H22N4OS. The summed E-state index contributed by atoms with van der Waals surface area (Å²) in [7, 11) is 0. The minimum Gasteiger partial charge on any atom is -0.356 e. The second-order valence-electron chi connectivity index (χ2n) is 6.91. The topological polar surface area (TPSA) is 58.1 Å². The lowest BCUT2D eigenvalue weighted by Crippen LogP contribution is -2.41. The van der Waals surface area contributed by atoms with E-state index in [-0.39, 0.29) is 11.8 Å². The van der Waals surface area contributed by atoms with Crippen LogP contribution < -0.4 is 10.2 Å². The van der Waals surface area contributed by atoms with E-state index in [0.717, 1.165) is 41.0 Å². The Hall–Kier alpha value is -2.47. The zero-order chi connectivity index (χ0) is 18.1. The van der Waals surface area contributed by atoms with Crippen molar-refractivity contribution in [3.05, 3.63) is 47.7 Å². The van der Waals surface area contributed by atoms with Crippen LogP contribution in [0.15, 0.2) is 36.5 Å². The molecular weight excluding hydrogens is 344 g/mol. The van der Waals surface area contributed by atoms with Crippen LogP contribution in [0.25, 0.3) is 10.2 Å². The van der Waals surface area contributed by atoms with Gasteiger partial charge in [0.1, 0.15) is 5.82 Å². The summed E-state index contributed by atoms with van der Waals surface area (Å²) < 4.78 is 1.12. The summed E-state index contributed by atoms with van der Waals surface area (Å²) in [4.78, 5) is 24.0. The van der Waals surface area contributed by atoms with Gasteiger partial charge in [0, 0.05) is 19.3 Å². The number of benzene rings is 1. The normalized spacial score (nSPS) is 17.5. The summed E-state index contributed by atoms with van der Waals surface area (Å²) in [6, 6.07) is 10.1. The largest absolute Gasteiger partial charge is 0.356 e. The van der Waals surface area contributed by atoms with Crippen LogP contribution in [-0.4, -0.2) is 29.0 Å². The molecule has 134 valence electrons. The van der Waals surface area contributed by atoms with E-state index >= 15 is 0 Å². The lowest BCUT2D eigenvalue weighted by atomic mass is 9.97. The average Bonchev–Trinajstić information content (AvgIpc) is 3.05. The van der Waals surface area contributed by atoms with Crippen LogP contribution in [0.1, 0.15) is 24.0 Å². The van der Waals surface area contributed by atoms with Crippen molar-refractivity contribution in [1.82, 2.24) is 9.97 Å². The van der Waals surface area contributed by atoms with Crippen molar-refractivity contribution in [3.63, 3.8) is 0 Å². The Kier molecular flexibility index (Phi) is 4.59. The highest BCUT2D eigenvalue weighted by molar-refractivity contribution is 7.22. The lowest BCUT2D eigenvalue weighted by molar-refractivity contribution is -0.120. The smallest absolute Gasteiger partial charge is 0.231 e. The number of nitrogens with zero attached hydrogens (tertiary/aromatic N) is 3. The molecule has 3 aromatic rings. The zero-order valence-corrected chi connectivity index (χ0v) is 15.8. The van der Waals surface area contributed by atoms with Crippen molar-refractivity contribution >= 4 is 38.4 Å². The number of hydrogen-bond acceptors (Lipinski definition) is 5. The fourth-order valence-electron chi connectivity index (χ4n) is 3.57. The molecule has 4 rings (SSSR count). The van der Waals surface area contributed by atoms with Gasteiger partial charge < -0.3 is 10.2 Å². The van der Waals surface area contributed by atoms with Crippen molar-refractivity contribution < 1.29 is 4.79 Å². The molecule has 3 heterocycles. The molecule has 1 aromatic carbocycles. The summed E-state index contributed by atoms with van der Waals surface area (Å²) in [5.74, 6) is 0.954. The number of fused-ring (bicyclic) bond motifs is 1. The first-order valence-corrected chi connectivity index (χ1v) is 9.76. The Labute approximate surface area is 157 Å². The van der Waals surface area contributed by atoms with E-state index < -0.39 is 0 Å². The number of hydrogen-bond donors (Lipinski definition) is 1. The standard InChI is InChI=1S/C20H22N4OS/c1-13-10-14(2)18-16(11-13)26-20(22-18)23-19(25)15-6-5-9-24(12-15)17-7-3-4-8-21-17/h3-4,7-8,10-11,15H,5-6,9,12H2,1-2H3,(H,22,23,25)/t15-/m0/s1. The van der Waals surface area contributed by atoms with Crippen molar-refractivity contribution in [2.75, 3.05) is 23.3 Å². The summed E-state index contributed by atoms with van der Waals surface area (Å²) in [6.07, 6.45) is 3.69. The Balaban J connectivity index is 1.48. The number of pyridine rings is 1. The first kappa shape index (κ1) is 17.0. The van der Waals surface area contributed by atoms with Gasteiger partial charge in [0.2, 0.25) is 5.91 Å². The van der Waals surface area contributed by atoms with Gasteiger partial charge in [-0.15, -0.1) is 0 Å². The molecule has 0 spiro atoms. The van der Waals surface area contributed by atoms with Crippen LogP contribution in [0.5, 0.6) is 0 Å². The number of aromatic nitrogens is 2. The van der Waals surface area contributed by atoms with Crippen molar-refractivity contribution in [2.45, 2.75) is 26.7 Å². The van der Waals surface area contributed by atoms with E-state index in [0.29, 0.717) is 11.7 Å². The second-order valence-corrected chi connectivity index (χ2v) is 7.94. The van der Waals surface area contributed by atoms with Gasteiger partial charge in [-0.1, -0.05) is 23.5 Å². The average molecular weight is 366 g/mol. The second kappa shape index (κ2) is 7.03. The molecule has 1 N–H and O–H groups in total. The molecule has 1 fully saturated rings. The van der Waals surface area contributed by atoms with Crippen molar-refractivity contribution in [3.8, 4) is 0 Å². The summed E-state index contributed by atoms with van der Waals surface area (Å²) in [5, 5.41) is 3.73. The van der Waals surface area contributed by atoms with E-state index in [9.17, 15) is 4.79 Å². The summed E-state index contributed by atoms with van der Waals surface area (Å²) >= 11 is 1.55. The van der Waals surface area contributed by atoms with Crippen LogP contribution in [0, 0.1) is 19.8 Å². The molecule has 2 aromatic heterocycles. The summed E-state index contributed by atoms with van der Waals surface area (Å²) in [6.45, 7) is 5.79. The van der Waals surface area contributed by atoms with Gasteiger partial charge in [-0.2, -0.15) is 0 Å². The van der Waals surface area contributed by atoms with Gasteiger partial charge in [-0.05, 0) is 56.0 Å². The van der Waals surface area contributed by atoms with E-state index in [1.807, 2.05) is 18.2 Å². The number of anilines is 2. The molecule has 0 aliphatic carbocycles. The maximum Gasteiger partial charge on any atom is 0.231 e. The number of carbonyl (C=O) groups excluding carboxylic acids is 1. The van der Waals surface area contributed by atoms with E-state index in [2.05, 4.69) is 46.2 Å². The van der Waals surface area contributed by atoms with Gasteiger partial charge in [0.25, 0.3) is 0 Å². The van der Waals surface area contributed by atoms with Crippen molar-refractivity contribution in [2.24, 2.45) is 5.92 Å². The first-order valence-electron chi connectivity index (χ1n) is 8.95. The third-order valence-corrected chi connectivity index (χ3v) is 5.74. The third-order valence-electron chi connectivity index (χ3n) is 4.83. The molecule has 1 amide bonds. The minimum absolute atomic E-state index is 0.0411. The maximum atomic E-state index is 12.8. The molecule has 0 bridgehead atoms. The van der Waals surface area contributed by atoms with Crippen LogP contribution in [0.3, 0.4) is 0 Å². The van der Waals surface area contributed by atoms with E-state index in [1.165, 1.54) is 5.56 Å². The highest BCUT2D eigenvalue weighted by Crippen LogP contribution is 2.30. The molecule has 1 atom stereocenters. The molecule has 0 radical (unpaired) electrons. The molecule has 5 nitrogen and oxygen atoms in total. The van der Waals surface area contributed by atoms with Crippen LogP contribution in [0.4, 0.5) is 10.9 Å². The molecule has 1 aliphatic heterocycles. The Morgan fingerprint density at radius 1 is 1.31 bits per heavy atom. The number of nitrogens with one attached hydrogen (secondary N) is 1. The molecule has 0 unspecified atom stereocenters. The fraction of sp³-hybridized carbons (Fsp3) is 0.350. The van der Waals surface area contributed by atoms with Gasteiger partial charge in [-0.25, -0.2) is 9.97 Å². The number of thiazole rings is 1. The number of aryl methyl sites for hydroxylation is 2. The van der Waals surface area contributed by atoms with E-state index in [1.54, 1.807) is 17.5 Å². The molecule has 0 saturated carbocycles.